The first kappa shape index (κ1) is 23.4. The number of nitrogens with zero attached hydrogens (tertiary/aromatic N) is 4. The predicted octanol–water partition coefficient (Wildman–Crippen LogP) is 3.53. The number of sulfone groups is 1. The fourth-order valence-corrected chi connectivity index (χ4v) is 4.97. The molecule has 0 atom stereocenters. The van der Waals surface area contributed by atoms with E-state index in [1.165, 1.54) is 19.1 Å². The Bertz CT molecular complexity index is 1060. The van der Waals surface area contributed by atoms with Crippen LogP contribution >= 0.6 is 0 Å². The number of urea groups is 1. The quantitative estimate of drug-likeness (QED) is 0.660. The number of aromatic nitrogens is 3. The fraction of sp³-hybridized carbons (Fsp3) is 0.565. The predicted molar refractivity (Wildman–Crippen MR) is 129 cm³/mol. The van der Waals surface area contributed by atoms with Crippen molar-refractivity contribution in [2.75, 3.05) is 29.6 Å². The van der Waals surface area contributed by atoms with Crippen LogP contribution in [0.2, 0.25) is 0 Å². The highest BCUT2D eigenvalue weighted by Crippen LogP contribution is 2.23. The summed E-state index contributed by atoms with van der Waals surface area (Å²) >= 11 is 0. The maximum Gasteiger partial charge on any atom is 0.319 e. The molecule has 178 valence electrons. The van der Waals surface area contributed by atoms with Crippen molar-refractivity contribution in [3.63, 3.8) is 0 Å². The second-order valence-corrected chi connectivity index (χ2v) is 11.1. The van der Waals surface area contributed by atoms with E-state index >= 15 is 0 Å². The minimum atomic E-state index is -3.29. The van der Waals surface area contributed by atoms with Gasteiger partial charge in [0.15, 0.2) is 15.7 Å². The van der Waals surface area contributed by atoms with E-state index in [-0.39, 0.29) is 23.7 Å². The Hall–Kier alpha value is -2.75. The number of carbonyl (C=O) groups is 1. The summed E-state index contributed by atoms with van der Waals surface area (Å²) in [4.78, 5) is 27.9. The molecule has 1 aromatic carbocycles. The molecule has 1 saturated heterocycles. The second kappa shape index (κ2) is 10.5. The number of hydrogen-bond acceptors (Lipinski definition) is 7. The summed E-state index contributed by atoms with van der Waals surface area (Å²) < 4.78 is 23.8. The lowest BCUT2D eigenvalue weighted by Gasteiger charge is -2.21. The van der Waals surface area contributed by atoms with Crippen LogP contribution in [0, 0.1) is 0 Å². The zero-order chi connectivity index (χ0) is 23.3. The molecule has 10 heteroatoms. The highest BCUT2D eigenvalue weighted by atomic mass is 32.2. The van der Waals surface area contributed by atoms with Gasteiger partial charge in [0.05, 0.1) is 0 Å². The minimum Gasteiger partial charge on any atom is -0.341 e. The standard InChI is InChI=1S/C23H32N6O3S/c1-33(31,32)16-20-26-21(28-22(27-20)29-14-6-2-3-7-15-29)17-10-12-19(13-11-17)25-23(30)24-18-8-4-5-9-18/h10-13,18H,2-9,14-16H2,1H3,(H2,24,25,30). The molecular weight excluding hydrogens is 440 g/mol. The Labute approximate surface area is 195 Å². The molecule has 2 N–H and O–H groups in total. The Balaban J connectivity index is 1.54. The molecule has 0 bridgehead atoms. The lowest BCUT2D eigenvalue weighted by atomic mass is 10.2. The van der Waals surface area contributed by atoms with Gasteiger partial charge in [-0.1, -0.05) is 25.7 Å². The topological polar surface area (TPSA) is 117 Å². The number of benzene rings is 1. The molecule has 1 aromatic heterocycles. The Morgan fingerprint density at radius 1 is 0.970 bits per heavy atom. The largest absolute Gasteiger partial charge is 0.341 e. The molecule has 0 unspecified atom stereocenters. The maximum absolute atomic E-state index is 12.2. The van der Waals surface area contributed by atoms with Gasteiger partial charge in [-0.2, -0.15) is 9.97 Å². The molecule has 2 heterocycles. The van der Waals surface area contributed by atoms with Gasteiger partial charge in [-0.25, -0.2) is 18.2 Å². The van der Waals surface area contributed by atoms with E-state index in [4.69, 9.17) is 0 Å². The number of amides is 2. The summed E-state index contributed by atoms with van der Waals surface area (Å²) in [6.07, 6.45) is 10.0. The smallest absolute Gasteiger partial charge is 0.319 e. The van der Waals surface area contributed by atoms with Crippen molar-refractivity contribution >= 4 is 27.5 Å². The molecule has 2 fully saturated rings. The maximum atomic E-state index is 12.2. The minimum absolute atomic E-state index is 0.200. The lowest BCUT2D eigenvalue weighted by molar-refractivity contribution is 0.248. The normalized spacial score (nSPS) is 17.5. The molecule has 9 nitrogen and oxygen atoms in total. The Morgan fingerprint density at radius 3 is 2.27 bits per heavy atom. The van der Waals surface area contributed by atoms with Crippen LogP contribution in [0.3, 0.4) is 0 Å². The molecule has 1 saturated carbocycles. The van der Waals surface area contributed by atoms with Gasteiger partial charge in [-0.15, -0.1) is 0 Å². The van der Waals surface area contributed by atoms with E-state index in [0.29, 0.717) is 17.5 Å². The number of rotatable bonds is 6. The summed E-state index contributed by atoms with van der Waals surface area (Å²) in [7, 11) is -3.29. The van der Waals surface area contributed by atoms with Crippen LogP contribution in [0.5, 0.6) is 0 Å². The number of anilines is 2. The van der Waals surface area contributed by atoms with Gasteiger partial charge in [0.1, 0.15) is 11.6 Å². The first-order chi connectivity index (χ1) is 15.9. The fourth-order valence-electron chi connectivity index (χ4n) is 4.37. The van der Waals surface area contributed by atoms with Crippen molar-refractivity contribution in [3.05, 3.63) is 30.1 Å². The third-order valence-electron chi connectivity index (χ3n) is 6.04. The highest BCUT2D eigenvalue weighted by Gasteiger charge is 2.19. The average Bonchev–Trinajstić information content (AvgIpc) is 3.11. The van der Waals surface area contributed by atoms with E-state index in [1.807, 2.05) is 12.1 Å². The summed E-state index contributed by atoms with van der Waals surface area (Å²) in [5.41, 5.74) is 1.41. The SMILES string of the molecule is CS(=O)(=O)Cc1nc(-c2ccc(NC(=O)NC3CCCC3)cc2)nc(N2CCCCCC2)n1. The van der Waals surface area contributed by atoms with Gasteiger partial charge in [0, 0.05) is 36.6 Å². The van der Waals surface area contributed by atoms with E-state index in [0.717, 1.165) is 57.2 Å². The van der Waals surface area contributed by atoms with Crippen molar-refractivity contribution < 1.29 is 13.2 Å². The average molecular weight is 473 g/mol. The van der Waals surface area contributed by atoms with Crippen LogP contribution in [0.15, 0.2) is 24.3 Å². The van der Waals surface area contributed by atoms with Gasteiger partial charge in [-0.05, 0) is 49.9 Å². The third-order valence-corrected chi connectivity index (χ3v) is 6.82. The monoisotopic (exact) mass is 472 g/mol. The van der Waals surface area contributed by atoms with E-state index in [2.05, 4.69) is 30.5 Å². The first-order valence-corrected chi connectivity index (χ1v) is 13.8. The third kappa shape index (κ3) is 6.86. The lowest BCUT2D eigenvalue weighted by Crippen LogP contribution is -2.36. The Kier molecular flexibility index (Phi) is 7.42. The molecule has 2 aromatic rings. The van der Waals surface area contributed by atoms with Gasteiger partial charge >= 0.3 is 6.03 Å². The van der Waals surface area contributed by atoms with Crippen LogP contribution in [0.4, 0.5) is 16.4 Å². The van der Waals surface area contributed by atoms with Crippen LogP contribution in [0.1, 0.15) is 57.2 Å². The zero-order valence-electron chi connectivity index (χ0n) is 19.1. The molecule has 2 amide bonds. The highest BCUT2D eigenvalue weighted by molar-refractivity contribution is 7.89. The Morgan fingerprint density at radius 2 is 1.64 bits per heavy atom. The first-order valence-electron chi connectivity index (χ1n) is 11.7. The summed E-state index contributed by atoms with van der Waals surface area (Å²) in [6, 6.07) is 7.31. The summed E-state index contributed by atoms with van der Waals surface area (Å²) in [6.45, 7) is 1.70. The molecule has 2 aliphatic rings. The number of hydrogen-bond donors (Lipinski definition) is 2. The molecule has 4 rings (SSSR count). The van der Waals surface area contributed by atoms with Crippen LogP contribution in [-0.2, 0) is 15.6 Å². The number of carbonyl (C=O) groups excluding carboxylic acids is 1. The molecule has 0 radical (unpaired) electrons. The number of nitrogens with one attached hydrogen (secondary N) is 2. The van der Waals surface area contributed by atoms with Crippen molar-refractivity contribution in [3.8, 4) is 11.4 Å². The van der Waals surface area contributed by atoms with Gasteiger partial charge in [0.2, 0.25) is 5.95 Å². The van der Waals surface area contributed by atoms with Crippen molar-refractivity contribution in [2.45, 2.75) is 63.2 Å². The van der Waals surface area contributed by atoms with Gasteiger partial charge in [-0.3, -0.25) is 0 Å². The van der Waals surface area contributed by atoms with Crippen molar-refractivity contribution in [2.24, 2.45) is 0 Å². The summed E-state index contributed by atoms with van der Waals surface area (Å²) in [5.74, 6) is 0.980. The van der Waals surface area contributed by atoms with E-state index in [9.17, 15) is 13.2 Å². The summed E-state index contributed by atoms with van der Waals surface area (Å²) in [5, 5.41) is 5.88. The van der Waals surface area contributed by atoms with Crippen LogP contribution in [0.25, 0.3) is 11.4 Å². The zero-order valence-corrected chi connectivity index (χ0v) is 19.9. The second-order valence-electron chi connectivity index (χ2n) is 9.00. The molecule has 33 heavy (non-hydrogen) atoms. The molecule has 1 aliphatic heterocycles. The van der Waals surface area contributed by atoms with Crippen molar-refractivity contribution in [1.82, 2.24) is 20.3 Å². The van der Waals surface area contributed by atoms with E-state index in [1.54, 1.807) is 12.1 Å². The van der Waals surface area contributed by atoms with E-state index < -0.39 is 9.84 Å². The molecule has 0 spiro atoms. The molecular formula is C23H32N6O3S. The van der Waals surface area contributed by atoms with Gasteiger partial charge < -0.3 is 15.5 Å². The van der Waals surface area contributed by atoms with Crippen LogP contribution < -0.4 is 15.5 Å². The van der Waals surface area contributed by atoms with Crippen molar-refractivity contribution in [1.29, 1.82) is 0 Å². The molecule has 1 aliphatic carbocycles. The van der Waals surface area contributed by atoms with Crippen LogP contribution in [-0.4, -0.2) is 54.8 Å². The van der Waals surface area contributed by atoms with Gasteiger partial charge in [0.25, 0.3) is 0 Å².